The lowest BCUT2D eigenvalue weighted by atomic mass is 10.1. The van der Waals surface area contributed by atoms with Gasteiger partial charge in [0.25, 0.3) is 0 Å². The normalized spacial score (nSPS) is 18.3. The molecule has 1 fully saturated rings. The number of carbonyl (C=O) groups excluding carboxylic acids is 2. The molecule has 2 heterocycles. The molecule has 1 atom stereocenters. The number of rotatable bonds is 5. The van der Waals surface area contributed by atoms with Gasteiger partial charge in [0.15, 0.2) is 0 Å². The van der Waals surface area contributed by atoms with Gasteiger partial charge in [-0.15, -0.1) is 0 Å². The summed E-state index contributed by atoms with van der Waals surface area (Å²) in [5.74, 6) is -0.467. The lowest BCUT2D eigenvalue weighted by molar-refractivity contribution is -0.133. The molecule has 2 amide bonds. The van der Waals surface area contributed by atoms with Crippen molar-refractivity contribution in [1.82, 2.24) is 24.7 Å². The molecule has 0 aliphatic carbocycles. The van der Waals surface area contributed by atoms with Crippen molar-refractivity contribution in [2.45, 2.75) is 30.7 Å². The molecule has 1 aliphatic rings. The highest BCUT2D eigenvalue weighted by molar-refractivity contribution is 7.89. The molecule has 3 rings (SSSR count). The average molecular weight is 393 g/mol. The first kappa shape index (κ1) is 19.3. The van der Waals surface area contributed by atoms with Crippen molar-refractivity contribution in [3.8, 4) is 0 Å². The van der Waals surface area contributed by atoms with Gasteiger partial charge in [0.2, 0.25) is 21.8 Å². The van der Waals surface area contributed by atoms with Crippen molar-refractivity contribution in [3.63, 3.8) is 0 Å². The van der Waals surface area contributed by atoms with Crippen molar-refractivity contribution in [2.75, 3.05) is 27.2 Å². The molecule has 27 heavy (non-hydrogen) atoms. The third kappa shape index (κ3) is 3.96. The molecule has 2 N–H and O–H groups in total. The van der Waals surface area contributed by atoms with Gasteiger partial charge >= 0.3 is 0 Å². The first-order valence-corrected chi connectivity index (χ1v) is 10.1. The van der Waals surface area contributed by atoms with Crippen LogP contribution in [0.4, 0.5) is 0 Å². The van der Waals surface area contributed by atoms with Gasteiger partial charge in [0.05, 0.1) is 18.3 Å². The second-order valence-corrected chi connectivity index (χ2v) is 8.94. The fourth-order valence-electron chi connectivity index (χ4n) is 3.17. The number of aromatic nitrogens is 2. The van der Waals surface area contributed by atoms with Crippen LogP contribution in [0.1, 0.15) is 18.4 Å². The molecule has 10 heteroatoms. The zero-order valence-electron chi connectivity index (χ0n) is 15.5. The first-order chi connectivity index (χ1) is 12.7. The van der Waals surface area contributed by atoms with Crippen LogP contribution in [0.3, 0.4) is 0 Å². The van der Waals surface area contributed by atoms with Crippen molar-refractivity contribution in [2.24, 2.45) is 0 Å². The van der Waals surface area contributed by atoms with Crippen LogP contribution < -0.4 is 5.32 Å². The second kappa shape index (κ2) is 7.28. The van der Waals surface area contributed by atoms with Crippen LogP contribution in [0.25, 0.3) is 10.9 Å². The molecule has 0 bridgehead atoms. The van der Waals surface area contributed by atoms with Crippen LogP contribution in [0.5, 0.6) is 0 Å². The Morgan fingerprint density at radius 2 is 2.19 bits per heavy atom. The molecular weight excluding hydrogens is 370 g/mol. The molecule has 1 aliphatic heterocycles. The molecule has 9 nitrogen and oxygen atoms in total. The highest BCUT2D eigenvalue weighted by Crippen LogP contribution is 2.25. The largest absolute Gasteiger partial charge is 0.352 e. The van der Waals surface area contributed by atoms with Gasteiger partial charge in [0.1, 0.15) is 4.90 Å². The molecule has 1 saturated heterocycles. The quantitative estimate of drug-likeness (QED) is 0.754. The number of carbonyl (C=O) groups is 2. The van der Waals surface area contributed by atoms with Gasteiger partial charge < -0.3 is 10.2 Å². The van der Waals surface area contributed by atoms with Crippen molar-refractivity contribution in [3.05, 3.63) is 23.9 Å². The highest BCUT2D eigenvalue weighted by atomic mass is 32.2. The van der Waals surface area contributed by atoms with E-state index in [9.17, 15) is 18.0 Å². The van der Waals surface area contributed by atoms with E-state index in [0.29, 0.717) is 23.9 Å². The van der Waals surface area contributed by atoms with E-state index in [4.69, 9.17) is 0 Å². The van der Waals surface area contributed by atoms with E-state index in [-0.39, 0.29) is 29.8 Å². The van der Waals surface area contributed by atoms with Gasteiger partial charge in [-0.3, -0.25) is 14.7 Å². The van der Waals surface area contributed by atoms with E-state index in [0.717, 1.165) is 9.87 Å². The molecule has 0 spiro atoms. The Morgan fingerprint density at radius 3 is 2.89 bits per heavy atom. The summed E-state index contributed by atoms with van der Waals surface area (Å²) in [7, 11) is -0.806. The maximum absolute atomic E-state index is 13.0. The Bertz CT molecular complexity index is 984. The van der Waals surface area contributed by atoms with Crippen LogP contribution in [0.15, 0.2) is 23.2 Å². The number of aromatic amines is 1. The van der Waals surface area contributed by atoms with E-state index < -0.39 is 15.9 Å². The van der Waals surface area contributed by atoms with Crippen LogP contribution in [0, 0.1) is 6.92 Å². The third-order valence-corrected chi connectivity index (χ3v) is 6.56. The predicted molar refractivity (Wildman–Crippen MR) is 99.4 cm³/mol. The number of benzene rings is 1. The molecule has 146 valence electrons. The average Bonchev–Trinajstić information content (AvgIpc) is 3.05. The van der Waals surface area contributed by atoms with Gasteiger partial charge in [-0.25, -0.2) is 8.42 Å². The van der Waals surface area contributed by atoms with Gasteiger partial charge in [-0.1, -0.05) is 0 Å². The van der Waals surface area contributed by atoms with Gasteiger partial charge in [-0.05, 0) is 31.0 Å². The van der Waals surface area contributed by atoms with E-state index >= 15 is 0 Å². The summed E-state index contributed by atoms with van der Waals surface area (Å²) in [5.41, 5.74) is 1.19. The minimum absolute atomic E-state index is 0.0334. The Labute approximate surface area is 157 Å². The fraction of sp³-hybridized carbons (Fsp3) is 0.471. The number of fused-ring (bicyclic) bond motifs is 1. The molecule has 1 aromatic heterocycles. The summed E-state index contributed by atoms with van der Waals surface area (Å²) >= 11 is 0. The number of likely N-dealkylation sites (tertiary alicyclic amines) is 1. The third-order valence-electron chi connectivity index (χ3n) is 4.74. The maximum atomic E-state index is 13.0. The first-order valence-electron chi connectivity index (χ1n) is 8.62. The second-order valence-electron chi connectivity index (χ2n) is 6.93. The number of H-pyrrole nitrogens is 1. The van der Waals surface area contributed by atoms with E-state index in [2.05, 4.69) is 15.5 Å². The molecule has 0 radical (unpaired) electrons. The van der Waals surface area contributed by atoms with Gasteiger partial charge in [0, 0.05) is 38.5 Å². The predicted octanol–water partition coefficient (Wildman–Crippen LogP) is 0.229. The maximum Gasteiger partial charge on any atom is 0.245 e. The summed E-state index contributed by atoms with van der Waals surface area (Å²) in [5, 5.41) is 10.1. The van der Waals surface area contributed by atoms with Crippen LogP contribution in [-0.4, -0.2) is 72.9 Å². The Balaban J connectivity index is 1.72. The molecule has 1 aromatic carbocycles. The molecule has 1 unspecified atom stereocenters. The smallest absolute Gasteiger partial charge is 0.245 e. The lowest BCUT2D eigenvalue weighted by Gasteiger charge is -2.29. The number of hydrogen-bond acceptors (Lipinski definition) is 5. The lowest BCUT2D eigenvalue weighted by Crippen LogP contribution is -2.48. The summed E-state index contributed by atoms with van der Waals surface area (Å²) in [6.45, 7) is 2.04. The van der Waals surface area contributed by atoms with Crippen LogP contribution >= 0.6 is 0 Å². The SMILES string of the molecule is Cc1cc(S(=O)(=O)N(C)CC(=O)NC2CCN(C)C(=O)C2)c2[nH]ncc2c1. The van der Waals surface area contributed by atoms with E-state index in [1.54, 1.807) is 31.1 Å². The monoisotopic (exact) mass is 393 g/mol. The highest BCUT2D eigenvalue weighted by Gasteiger charge is 2.28. The number of nitrogens with zero attached hydrogens (tertiary/aromatic N) is 3. The van der Waals surface area contributed by atoms with Crippen molar-refractivity contribution in [1.29, 1.82) is 0 Å². The van der Waals surface area contributed by atoms with Crippen LogP contribution in [-0.2, 0) is 19.6 Å². The minimum atomic E-state index is -3.89. The van der Waals surface area contributed by atoms with Crippen molar-refractivity contribution < 1.29 is 18.0 Å². The Morgan fingerprint density at radius 1 is 1.44 bits per heavy atom. The molecular formula is C17H23N5O4S. The molecule has 2 aromatic rings. The number of aryl methyl sites for hydroxylation is 1. The number of amides is 2. The standard InChI is InChI=1S/C17H23N5O4S/c1-11-6-12-9-18-20-17(12)14(7-11)27(25,26)22(3)10-15(23)19-13-4-5-21(2)16(24)8-13/h6-7,9,13H,4-5,8,10H2,1-3H3,(H,18,20)(H,19,23). The summed E-state index contributed by atoms with van der Waals surface area (Å²) < 4.78 is 26.9. The Kier molecular flexibility index (Phi) is 5.20. The zero-order valence-corrected chi connectivity index (χ0v) is 16.3. The topological polar surface area (TPSA) is 115 Å². The van der Waals surface area contributed by atoms with E-state index in [1.807, 2.05) is 6.07 Å². The summed E-state index contributed by atoms with van der Waals surface area (Å²) in [6.07, 6.45) is 2.44. The number of likely N-dealkylation sites (N-methyl/N-ethyl adjacent to an activating group) is 1. The number of nitrogens with one attached hydrogen (secondary N) is 2. The fourth-order valence-corrected chi connectivity index (χ4v) is 4.55. The van der Waals surface area contributed by atoms with Crippen molar-refractivity contribution >= 4 is 32.7 Å². The minimum Gasteiger partial charge on any atom is -0.352 e. The molecule has 0 saturated carbocycles. The summed E-state index contributed by atoms with van der Waals surface area (Å²) in [4.78, 5) is 25.7. The van der Waals surface area contributed by atoms with E-state index in [1.165, 1.54) is 7.05 Å². The number of hydrogen-bond donors (Lipinski definition) is 2. The van der Waals surface area contributed by atoms with Crippen LogP contribution in [0.2, 0.25) is 0 Å². The Hall–Kier alpha value is -2.46. The van der Waals surface area contributed by atoms with Gasteiger partial charge in [-0.2, -0.15) is 9.40 Å². The zero-order chi connectivity index (χ0) is 19.8. The number of piperidine rings is 1. The number of sulfonamides is 1. The summed E-state index contributed by atoms with van der Waals surface area (Å²) in [6, 6.07) is 3.12.